The number of carbonyl (C=O) groups excluding carboxylic acids is 1. The van der Waals surface area contributed by atoms with Crippen molar-refractivity contribution < 1.29 is 14.3 Å². The molecule has 0 radical (unpaired) electrons. The third-order valence-corrected chi connectivity index (χ3v) is 3.18. The van der Waals surface area contributed by atoms with E-state index in [0.717, 1.165) is 16.9 Å². The molecule has 1 fully saturated rings. The smallest absolute Gasteiger partial charge is 0.407 e. The summed E-state index contributed by atoms with van der Waals surface area (Å²) in [5, 5.41) is 2.64. The molecule has 3 rings (SSSR count). The summed E-state index contributed by atoms with van der Waals surface area (Å²) in [6, 6.07) is 17.6. The highest BCUT2D eigenvalue weighted by molar-refractivity contribution is 5.69. The van der Waals surface area contributed by atoms with E-state index in [1.165, 1.54) is 0 Å². The Labute approximate surface area is 117 Å². The summed E-state index contributed by atoms with van der Waals surface area (Å²) >= 11 is 0. The van der Waals surface area contributed by atoms with Crippen LogP contribution in [0.15, 0.2) is 54.6 Å². The first-order valence-corrected chi connectivity index (χ1v) is 6.52. The van der Waals surface area contributed by atoms with Crippen molar-refractivity contribution in [2.24, 2.45) is 0 Å². The summed E-state index contributed by atoms with van der Waals surface area (Å²) in [6.45, 7) is 1.06. The molecule has 1 aliphatic heterocycles. The fraction of sp³-hybridized carbons (Fsp3) is 0.188. The van der Waals surface area contributed by atoms with Crippen molar-refractivity contribution in [1.29, 1.82) is 0 Å². The van der Waals surface area contributed by atoms with Gasteiger partial charge in [0.1, 0.15) is 18.5 Å². The number of carbonyl (C=O) groups is 1. The third-order valence-electron chi connectivity index (χ3n) is 3.18. The summed E-state index contributed by atoms with van der Waals surface area (Å²) in [4.78, 5) is 11.0. The molecule has 0 saturated carbocycles. The Balaban J connectivity index is 1.60. The molecule has 0 aliphatic carbocycles. The van der Waals surface area contributed by atoms with Crippen LogP contribution in [0.2, 0.25) is 0 Å². The Morgan fingerprint density at radius 2 is 1.85 bits per heavy atom. The van der Waals surface area contributed by atoms with Gasteiger partial charge in [0, 0.05) is 0 Å². The van der Waals surface area contributed by atoms with Crippen LogP contribution in [0.1, 0.15) is 17.2 Å². The van der Waals surface area contributed by atoms with Gasteiger partial charge >= 0.3 is 6.09 Å². The van der Waals surface area contributed by atoms with Gasteiger partial charge in [0.15, 0.2) is 0 Å². The number of hydrogen-bond acceptors (Lipinski definition) is 3. The second-order valence-corrected chi connectivity index (χ2v) is 4.62. The second-order valence-electron chi connectivity index (χ2n) is 4.62. The van der Waals surface area contributed by atoms with E-state index in [9.17, 15) is 4.79 Å². The maximum atomic E-state index is 11.0. The standard InChI is InChI=1S/C16H15NO3/c18-16-17-10-15(20-16)13-6-8-14(9-7-13)19-11-12-4-2-1-3-5-12/h1-9,15H,10-11H2,(H,17,18)/i10+1,15+1,17+1. The Morgan fingerprint density at radius 3 is 2.50 bits per heavy atom. The Kier molecular flexibility index (Phi) is 3.54. The molecular formula is C16H15NO3. The van der Waals surface area contributed by atoms with Gasteiger partial charge in [-0.25, -0.2) is 4.79 Å². The van der Waals surface area contributed by atoms with Crippen LogP contribution in [0.4, 0.5) is 4.79 Å². The van der Waals surface area contributed by atoms with Gasteiger partial charge in [-0.1, -0.05) is 42.5 Å². The summed E-state index contributed by atoms with van der Waals surface area (Å²) in [6.07, 6.45) is -0.565. The van der Waals surface area contributed by atoms with Crippen molar-refractivity contribution in [2.75, 3.05) is 6.54 Å². The summed E-state index contributed by atoms with van der Waals surface area (Å²) < 4.78 is 10.8. The van der Waals surface area contributed by atoms with Gasteiger partial charge in [0.05, 0.1) is 6.54 Å². The Hall–Kier alpha value is -2.49. The zero-order valence-electron chi connectivity index (χ0n) is 10.9. The van der Waals surface area contributed by atoms with E-state index < -0.39 is 0 Å². The number of alkyl carbamates (subject to hydrolysis) is 1. The van der Waals surface area contributed by atoms with Gasteiger partial charge in [-0.3, -0.25) is 0 Å². The zero-order valence-corrected chi connectivity index (χ0v) is 10.9. The number of rotatable bonds is 4. The molecule has 1 N–H and O–H groups in total. The average molecular weight is 272 g/mol. The number of benzene rings is 2. The van der Waals surface area contributed by atoms with E-state index in [2.05, 4.69) is 5.32 Å². The zero-order chi connectivity index (χ0) is 13.8. The molecule has 1 atom stereocenters. The van der Waals surface area contributed by atoms with Gasteiger partial charge in [0.25, 0.3) is 0 Å². The Morgan fingerprint density at radius 1 is 1.10 bits per heavy atom. The van der Waals surface area contributed by atoms with Crippen molar-refractivity contribution in [3.05, 3.63) is 65.7 Å². The lowest BCUT2D eigenvalue weighted by molar-refractivity contribution is 0.141. The van der Waals surface area contributed by atoms with Crippen LogP contribution >= 0.6 is 0 Å². The second kappa shape index (κ2) is 5.65. The molecule has 2 aromatic rings. The first kappa shape index (κ1) is 12.5. The van der Waals surface area contributed by atoms with E-state index in [-0.39, 0.29) is 12.2 Å². The quantitative estimate of drug-likeness (QED) is 0.687. The number of nitrogens with one attached hydrogen (secondary N) is 1. The highest BCUT2D eigenvalue weighted by Gasteiger charge is 2.23. The van der Waals surface area contributed by atoms with Crippen molar-refractivity contribution in [1.82, 2.24) is 5.32 Å². The van der Waals surface area contributed by atoms with Crippen LogP contribution in [-0.4, -0.2) is 12.6 Å². The molecule has 0 bridgehead atoms. The number of amides is 1. The van der Waals surface area contributed by atoms with Crippen LogP contribution in [0.5, 0.6) is 5.75 Å². The molecule has 0 aromatic heterocycles. The summed E-state index contributed by atoms with van der Waals surface area (Å²) in [5.74, 6) is 0.801. The van der Waals surface area contributed by atoms with Gasteiger partial charge < -0.3 is 14.8 Å². The number of ether oxygens (including phenoxy) is 2. The fourth-order valence-electron chi connectivity index (χ4n) is 2.09. The molecule has 1 heterocycles. The van der Waals surface area contributed by atoms with Crippen LogP contribution in [0.3, 0.4) is 0 Å². The minimum atomic E-state index is -0.362. The topological polar surface area (TPSA) is 47.6 Å². The first-order valence-electron chi connectivity index (χ1n) is 6.52. The molecular weight excluding hydrogens is 257 g/mol. The van der Waals surface area contributed by atoms with Crippen LogP contribution in [0.25, 0.3) is 0 Å². The SMILES string of the molecule is O=C1[15NH][13CH2][13CH](c2ccc(OCc3ccccc3)cc2)O1. The highest BCUT2D eigenvalue weighted by atomic mass is 16.7. The van der Waals surface area contributed by atoms with E-state index in [1.54, 1.807) is 0 Å². The molecule has 4 heteroatoms. The molecule has 1 aliphatic rings. The van der Waals surface area contributed by atoms with Crippen LogP contribution in [-0.2, 0) is 11.3 Å². The van der Waals surface area contributed by atoms with Crippen molar-refractivity contribution in [3.8, 4) is 5.75 Å². The van der Waals surface area contributed by atoms with Crippen molar-refractivity contribution in [2.45, 2.75) is 12.7 Å². The molecule has 1 saturated heterocycles. The number of cyclic esters (lactones) is 1. The molecule has 1 unspecified atom stereocenters. The van der Waals surface area contributed by atoms with Gasteiger partial charge in [-0.15, -0.1) is 0 Å². The maximum absolute atomic E-state index is 11.0. The monoisotopic (exact) mass is 272 g/mol. The van der Waals surface area contributed by atoms with Gasteiger partial charge in [-0.2, -0.15) is 0 Å². The fourth-order valence-corrected chi connectivity index (χ4v) is 2.09. The lowest BCUT2D eigenvalue weighted by atomic mass is 10.2. The van der Waals surface area contributed by atoms with Gasteiger partial charge in [-0.05, 0) is 23.3 Å². The molecule has 4 nitrogen and oxygen atoms in total. The molecule has 0 spiro atoms. The van der Waals surface area contributed by atoms with Gasteiger partial charge in [0.2, 0.25) is 0 Å². The van der Waals surface area contributed by atoms with E-state index in [1.807, 2.05) is 54.6 Å². The predicted octanol–water partition coefficient (Wildman–Crippen LogP) is 3.05. The van der Waals surface area contributed by atoms with Crippen molar-refractivity contribution >= 4 is 6.09 Å². The Bertz CT molecular complexity index is 580. The van der Waals surface area contributed by atoms with E-state index >= 15 is 0 Å². The molecule has 2 aromatic carbocycles. The molecule has 102 valence electrons. The van der Waals surface area contributed by atoms with E-state index in [0.29, 0.717) is 13.2 Å². The third kappa shape index (κ3) is 2.91. The molecule has 20 heavy (non-hydrogen) atoms. The minimum absolute atomic E-state index is 0.203. The normalized spacial score (nSPS) is 17.4. The minimum Gasteiger partial charge on any atom is -0.489 e. The largest absolute Gasteiger partial charge is 0.489 e. The van der Waals surface area contributed by atoms with E-state index in [4.69, 9.17) is 9.47 Å². The highest BCUT2D eigenvalue weighted by Crippen LogP contribution is 2.23. The lowest BCUT2D eigenvalue weighted by Gasteiger charge is -2.10. The number of hydrogen-bond donors (Lipinski definition) is 1. The maximum Gasteiger partial charge on any atom is 0.407 e. The van der Waals surface area contributed by atoms with Crippen molar-refractivity contribution in [3.63, 3.8) is 0 Å². The average Bonchev–Trinajstić information content (AvgIpc) is 2.93. The first-order chi connectivity index (χ1) is 9.81. The summed E-state index contributed by atoms with van der Waals surface area (Å²) in [7, 11) is 0. The lowest BCUT2D eigenvalue weighted by Crippen LogP contribution is -2.12. The van der Waals surface area contributed by atoms with Crippen LogP contribution < -0.4 is 10.1 Å². The predicted molar refractivity (Wildman–Crippen MR) is 74.4 cm³/mol. The van der Waals surface area contributed by atoms with Crippen LogP contribution in [0, 0.1) is 0 Å². The molecule has 1 amide bonds. The summed E-state index contributed by atoms with van der Waals surface area (Å²) in [5.41, 5.74) is 2.10.